The molecule has 9 aromatic rings. The predicted octanol–water partition coefficient (Wildman–Crippen LogP) is 11.2. The average Bonchev–Trinajstić information content (AvgIpc) is 3.80. The van der Waals surface area contributed by atoms with Gasteiger partial charge in [-0.2, -0.15) is 0 Å². The smallest absolute Gasteiger partial charge is 0.137 e. The van der Waals surface area contributed by atoms with Crippen molar-refractivity contribution in [1.82, 2.24) is 19.5 Å². The SMILES string of the molecule is c1ccc(N2CN(c3cccc(C(=C(c4ccccn4)c4ccccn4)c4ccc5c6ccccc6n(-c6ccccn6)c5c4)c3)c3ccccc32)cc1. The monoisotopic (exact) mass is 694 g/mol. The molecule has 0 bridgehead atoms. The second kappa shape index (κ2) is 13.3. The number of anilines is 4. The van der Waals surface area contributed by atoms with Crippen LogP contribution in [0.3, 0.4) is 0 Å². The van der Waals surface area contributed by atoms with Crippen LogP contribution >= 0.6 is 0 Å². The Labute approximate surface area is 313 Å². The Morgan fingerprint density at radius 1 is 0.407 bits per heavy atom. The lowest BCUT2D eigenvalue weighted by molar-refractivity contribution is 0.991. The second-order valence-corrected chi connectivity index (χ2v) is 13.3. The van der Waals surface area contributed by atoms with Crippen LogP contribution in [0.2, 0.25) is 0 Å². The number of para-hydroxylation sites is 4. The zero-order chi connectivity index (χ0) is 35.8. The molecular formula is C48H34N6. The van der Waals surface area contributed by atoms with Crippen molar-refractivity contribution in [1.29, 1.82) is 0 Å². The van der Waals surface area contributed by atoms with Gasteiger partial charge in [-0.3, -0.25) is 14.5 Å². The Bertz CT molecular complexity index is 2750. The van der Waals surface area contributed by atoms with Crippen LogP contribution in [0, 0.1) is 0 Å². The topological polar surface area (TPSA) is 50.1 Å². The standard InChI is InChI=1S/C48H34N6/c1-2-16-36(17-3-1)52-33-53(44-24-7-6-23-43(44)52)37-18-14-15-34(31-37)47(48(40-20-8-11-28-49-40)41-21-9-12-29-50-41)35-26-27-39-38-19-4-5-22-42(38)54(45(39)32-35)46-25-10-13-30-51-46/h1-32H,33H2. The molecule has 5 heterocycles. The largest absolute Gasteiger partial charge is 0.321 e. The molecule has 0 fully saturated rings. The lowest BCUT2D eigenvalue weighted by Gasteiger charge is -2.23. The van der Waals surface area contributed by atoms with Crippen LogP contribution in [0.4, 0.5) is 22.7 Å². The first-order valence-corrected chi connectivity index (χ1v) is 18.1. The van der Waals surface area contributed by atoms with E-state index in [9.17, 15) is 0 Å². The van der Waals surface area contributed by atoms with Crippen molar-refractivity contribution in [3.05, 3.63) is 217 Å². The first-order valence-electron chi connectivity index (χ1n) is 18.1. The van der Waals surface area contributed by atoms with E-state index in [4.69, 9.17) is 15.0 Å². The van der Waals surface area contributed by atoms with Crippen LogP contribution in [0.5, 0.6) is 0 Å². The molecule has 10 rings (SSSR count). The quantitative estimate of drug-likeness (QED) is 0.166. The molecule has 0 saturated carbocycles. The summed E-state index contributed by atoms with van der Waals surface area (Å²) < 4.78 is 2.27. The van der Waals surface area contributed by atoms with Crippen LogP contribution in [-0.4, -0.2) is 26.2 Å². The number of pyridine rings is 3. The summed E-state index contributed by atoms with van der Waals surface area (Å²) in [6.07, 6.45) is 5.56. The van der Waals surface area contributed by atoms with Crippen molar-refractivity contribution in [2.45, 2.75) is 0 Å². The van der Waals surface area contributed by atoms with Crippen LogP contribution in [-0.2, 0) is 0 Å². The van der Waals surface area contributed by atoms with Gasteiger partial charge in [-0.05, 0) is 96.1 Å². The molecule has 0 saturated heterocycles. The molecule has 0 atom stereocenters. The van der Waals surface area contributed by atoms with E-state index in [1.54, 1.807) is 0 Å². The molecule has 54 heavy (non-hydrogen) atoms. The van der Waals surface area contributed by atoms with Gasteiger partial charge in [0.25, 0.3) is 0 Å². The Kier molecular flexibility index (Phi) is 7.77. The van der Waals surface area contributed by atoms with E-state index in [-0.39, 0.29) is 0 Å². The first kappa shape index (κ1) is 31.4. The first-order chi connectivity index (χ1) is 26.8. The van der Waals surface area contributed by atoms with Gasteiger partial charge in [0, 0.05) is 51.9 Å². The van der Waals surface area contributed by atoms with Crippen LogP contribution < -0.4 is 9.80 Å². The maximum Gasteiger partial charge on any atom is 0.137 e. The van der Waals surface area contributed by atoms with E-state index in [0.29, 0.717) is 6.67 Å². The summed E-state index contributed by atoms with van der Waals surface area (Å²) >= 11 is 0. The maximum absolute atomic E-state index is 4.93. The van der Waals surface area contributed by atoms with Crippen molar-refractivity contribution in [2.24, 2.45) is 0 Å². The van der Waals surface area contributed by atoms with Crippen LogP contribution in [0.25, 0.3) is 38.8 Å². The van der Waals surface area contributed by atoms with E-state index in [0.717, 1.165) is 61.9 Å². The van der Waals surface area contributed by atoms with Gasteiger partial charge in [-0.25, -0.2) is 4.98 Å². The van der Waals surface area contributed by atoms with E-state index < -0.39 is 0 Å². The molecule has 0 radical (unpaired) electrons. The molecule has 256 valence electrons. The Balaban J connectivity index is 1.22. The highest BCUT2D eigenvalue weighted by Crippen LogP contribution is 2.45. The fraction of sp³-hybridized carbons (Fsp3) is 0.0208. The fourth-order valence-electron chi connectivity index (χ4n) is 7.82. The third kappa shape index (κ3) is 5.40. The van der Waals surface area contributed by atoms with Gasteiger partial charge in [0.05, 0.1) is 33.8 Å². The van der Waals surface area contributed by atoms with Crippen molar-refractivity contribution in [2.75, 3.05) is 16.5 Å². The summed E-state index contributed by atoms with van der Waals surface area (Å²) in [7, 11) is 0. The molecule has 0 unspecified atom stereocenters. The minimum Gasteiger partial charge on any atom is -0.321 e. The molecule has 0 aliphatic carbocycles. The fourth-order valence-corrected chi connectivity index (χ4v) is 7.82. The Hall–Kier alpha value is -7.31. The van der Waals surface area contributed by atoms with Gasteiger partial charge in [0.1, 0.15) is 12.5 Å². The molecule has 0 spiro atoms. The normalized spacial score (nSPS) is 12.3. The van der Waals surface area contributed by atoms with E-state index >= 15 is 0 Å². The molecule has 1 aliphatic rings. The summed E-state index contributed by atoms with van der Waals surface area (Å²) in [5, 5.41) is 2.35. The number of nitrogens with zero attached hydrogens (tertiary/aromatic N) is 6. The van der Waals surface area contributed by atoms with Crippen molar-refractivity contribution >= 4 is 55.7 Å². The van der Waals surface area contributed by atoms with Crippen LogP contribution in [0.15, 0.2) is 195 Å². The van der Waals surface area contributed by atoms with Gasteiger partial charge in [0.15, 0.2) is 0 Å². The summed E-state index contributed by atoms with van der Waals surface area (Å²) in [6.45, 7) is 0.690. The summed E-state index contributed by atoms with van der Waals surface area (Å²) in [6, 6.07) is 61.7. The van der Waals surface area contributed by atoms with Gasteiger partial charge in [-0.1, -0.05) is 91.0 Å². The molecule has 0 amide bonds. The maximum atomic E-state index is 4.93. The highest BCUT2D eigenvalue weighted by atomic mass is 15.4. The van der Waals surface area contributed by atoms with E-state index in [1.807, 2.05) is 55.0 Å². The van der Waals surface area contributed by atoms with Crippen LogP contribution in [0.1, 0.15) is 22.5 Å². The number of hydrogen-bond donors (Lipinski definition) is 0. The summed E-state index contributed by atoms with van der Waals surface area (Å²) in [4.78, 5) is 19.4. The molecular weight excluding hydrogens is 661 g/mol. The van der Waals surface area contributed by atoms with Gasteiger partial charge in [-0.15, -0.1) is 0 Å². The molecule has 4 aromatic heterocycles. The van der Waals surface area contributed by atoms with Crippen molar-refractivity contribution in [3.63, 3.8) is 0 Å². The zero-order valence-corrected chi connectivity index (χ0v) is 29.4. The summed E-state index contributed by atoms with van der Waals surface area (Å²) in [5.41, 5.74) is 12.6. The number of rotatable bonds is 7. The third-order valence-electron chi connectivity index (χ3n) is 10.2. The van der Waals surface area contributed by atoms with Gasteiger partial charge >= 0.3 is 0 Å². The average molecular weight is 695 g/mol. The zero-order valence-electron chi connectivity index (χ0n) is 29.4. The lowest BCUT2D eigenvalue weighted by Crippen LogP contribution is -2.23. The highest BCUT2D eigenvalue weighted by Gasteiger charge is 2.28. The second-order valence-electron chi connectivity index (χ2n) is 13.3. The Morgan fingerprint density at radius 2 is 1.00 bits per heavy atom. The molecule has 6 nitrogen and oxygen atoms in total. The molecule has 6 heteroatoms. The number of aromatic nitrogens is 4. The van der Waals surface area contributed by atoms with E-state index in [1.165, 1.54) is 22.1 Å². The van der Waals surface area contributed by atoms with E-state index in [2.05, 4.69) is 154 Å². The molecule has 1 aliphatic heterocycles. The number of fused-ring (bicyclic) bond motifs is 4. The number of benzene rings is 5. The number of hydrogen-bond acceptors (Lipinski definition) is 5. The minimum absolute atomic E-state index is 0.690. The van der Waals surface area contributed by atoms with Gasteiger partial charge < -0.3 is 9.80 Å². The lowest BCUT2D eigenvalue weighted by atomic mass is 9.88. The third-order valence-corrected chi connectivity index (χ3v) is 10.2. The van der Waals surface area contributed by atoms with Crippen molar-refractivity contribution in [3.8, 4) is 5.82 Å². The van der Waals surface area contributed by atoms with Crippen molar-refractivity contribution < 1.29 is 0 Å². The summed E-state index contributed by atoms with van der Waals surface area (Å²) in [5.74, 6) is 0.874. The van der Waals surface area contributed by atoms with Gasteiger partial charge in [0.2, 0.25) is 0 Å². The highest BCUT2D eigenvalue weighted by molar-refractivity contribution is 6.11. The Morgan fingerprint density at radius 3 is 1.70 bits per heavy atom. The minimum atomic E-state index is 0.690. The predicted molar refractivity (Wildman–Crippen MR) is 221 cm³/mol. The molecule has 5 aromatic carbocycles. The molecule has 0 N–H and O–H groups in total.